The van der Waals surface area contributed by atoms with Crippen LogP contribution in [-0.4, -0.2) is 55.6 Å². The summed E-state index contributed by atoms with van der Waals surface area (Å²) >= 11 is 0. The first-order valence-corrected chi connectivity index (χ1v) is 11.8. The zero-order valence-corrected chi connectivity index (χ0v) is 20.7. The van der Waals surface area contributed by atoms with Crippen molar-refractivity contribution in [2.45, 2.75) is 58.2 Å². The molecular formula is C24H33N7O5. The van der Waals surface area contributed by atoms with Crippen LogP contribution < -0.4 is 21.5 Å². The van der Waals surface area contributed by atoms with Gasteiger partial charge in [0.25, 0.3) is 11.5 Å². The van der Waals surface area contributed by atoms with E-state index in [-0.39, 0.29) is 36.7 Å². The van der Waals surface area contributed by atoms with Gasteiger partial charge in [-0.25, -0.2) is 4.98 Å². The highest BCUT2D eigenvalue weighted by atomic mass is 16.3. The first-order valence-electron chi connectivity index (χ1n) is 11.8. The number of aromatic nitrogens is 3. The number of carbonyl (C=O) groups excluding carboxylic acids is 3. The van der Waals surface area contributed by atoms with Gasteiger partial charge in [0, 0.05) is 19.8 Å². The number of anilines is 1. The zero-order valence-electron chi connectivity index (χ0n) is 20.7. The number of hydrogen-bond donors (Lipinski definition) is 4. The van der Waals surface area contributed by atoms with Gasteiger partial charge in [-0.3, -0.25) is 19.2 Å². The molecule has 0 saturated carbocycles. The van der Waals surface area contributed by atoms with E-state index >= 15 is 0 Å². The van der Waals surface area contributed by atoms with Gasteiger partial charge in [0.15, 0.2) is 0 Å². The standard InChI is InChI=1S/C24H33N7O5/c1-4-16(5-2)12-27-21(33)14-31-10-6-7-19(24(31)36)29-22(34)18(9-8-17(32)11-25)28-23(35)20-13-26-15-30(20)3/h6-7,10,13,15-18,32H,4-5,8-9,12,14H2,1-3H3,(H,27,33)(H,28,35)(H,29,34)/t17?,18-/m0/s1. The molecule has 1 unspecified atom stereocenters. The van der Waals surface area contributed by atoms with Crippen molar-refractivity contribution in [3.05, 3.63) is 46.9 Å². The monoisotopic (exact) mass is 499 g/mol. The number of carbonyl (C=O) groups is 3. The lowest BCUT2D eigenvalue weighted by Gasteiger charge is -2.19. The lowest BCUT2D eigenvalue weighted by atomic mass is 10.0. The highest BCUT2D eigenvalue weighted by molar-refractivity contribution is 6.00. The van der Waals surface area contributed by atoms with E-state index in [1.54, 1.807) is 13.1 Å². The van der Waals surface area contributed by atoms with E-state index in [1.165, 1.54) is 40.0 Å². The maximum atomic E-state index is 13.0. The van der Waals surface area contributed by atoms with Crippen LogP contribution >= 0.6 is 0 Å². The molecule has 36 heavy (non-hydrogen) atoms. The lowest BCUT2D eigenvalue weighted by molar-refractivity contribution is -0.122. The minimum atomic E-state index is -1.32. The number of aryl methyl sites for hydroxylation is 1. The van der Waals surface area contributed by atoms with Crippen LogP contribution in [0.25, 0.3) is 0 Å². The summed E-state index contributed by atoms with van der Waals surface area (Å²) in [4.78, 5) is 54.7. The molecule has 2 atom stereocenters. The Bertz CT molecular complexity index is 1150. The van der Waals surface area contributed by atoms with E-state index in [2.05, 4.69) is 20.9 Å². The molecule has 0 radical (unpaired) electrons. The Balaban J connectivity index is 2.13. The van der Waals surface area contributed by atoms with Crippen molar-refractivity contribution in [1.82, 2.24) is 24.8 Å². The Labute approximate surface area is 209 Å². The molecule has 12 nitrogen and oxygen atoms in total. The molecule has 2 heterocycles. The van der Waals surface area contributed by atoms with Gasteiger partial charge in [0.05, 0.1) is 18.6 Å². The molecule has 0 aliphatic carbocycles. The normalized spacial score (nSPS) is 12.4. The average molecular weight is 500 g/mol. The summed E-state index contributed by atoms with van der Waals surface area (Å²) in [6, 6.07) is 3.43. The van der Waals surface area contributed by atoms with Gasteiger partial charge in [-0.1, -0.05) is 26.7 Å². The number of nitriles is 1. The van der Waals surface area contributed by atoms with Crippen molar-refractivity contribution in [2.75, 3.05) is 11.9 Å². The molecule has 0 saturated heterocycles. The van der Waals surface area contributed by atoms with E-state index in [4.69, 9.17) is 5.26 Å². The number of amides is 3. The summed E-state index contributed by atoms with van der Waals surface area (Å²) in [5.74, 6) is -1.25. The molecule has 0 spiro atoms. The Kier molecular flexibility index (Phi) is 10.8. The predicted molar refractivity (Wildman–Crippen MR) is 132 cm³/mol. The fourth-order valence-corrected chi connectivity index (χ4v) is 3.49. The molecule has 3 amide bonds. The van der Waals surface area contributed by atoms with Gasteiger partial charge in [0.1, 0.15) is 30.1 Å². The molecule has 2 aromatic heterocycles. The average Bonchev–Trinajstić information content (AvgIpc) is 3.30. The Morgan fingerprint density at radius 3 is 2.56 bits per heavy atom. The van der Waals surface area contributed by atoms with Crippen molar-refractivity contribution in [3.8, 4) is 6.07 Å². The first-order chi connectivity index (χ1) is 17.2. The van der Waals surface area contributed by atoms with Gasteiger partial charge < -0.3 is 30.2 Å². The van der Waals surface area contributed by atoms with Crippen LogP contribution in [0.15, 0.2) is 35.6 Å². The largest absolute Gasteiger partial charge is 0.378 e. The first kappa shape index (κ1) is 28.3. The van der Waals surface area contributed by atoms with Crippen molar-refractivity contribution < 1.29 is 19.5 Å². The van der Waals surface area contributed by atoms with Crippen molar-refractivity contribution >= 4 is 23.4 Å². The van der Waals surface area contributed by atoms with Gasteiger partial charge in [-0.2, -0.15) is 5.26 Å². The molecule has 0 bridgehead atoms. The van der Waals surface area contributed by atoms with E-state index in [0.717, 1.165) is 12.8 Å². The second-order valence-corrected chi connectivity index (χ2v) is 8.47. The molecule has 0 aliphatic heterocycles. The van der Waals surface area contributed by atoms with Gasteiger partial charge in [-0.05, 0) is 30.9 Å². The van der Waals surface area contributed by atoms with Gasteiger partial charge in [-0.15, -0.1) is 0 Å². The fraction of sp³-hybridized carbons (Fsp3) is 0.500. The number of rotatable bonds is 13. The van der Waals surface area contributed by atoms with Crippen LogP contribution in [0.4, 0.5) is 5.69 Å². The molecule has 0 aromatic carbocycles. The lowest BCUT2D eigenvalue weighted by Crippen LogP contribution is -2.45. The number of nitrogens with one attached hydrogen (secondary N) is 3. The van der Waals surface area contributed by atoms with Crippen molar-refractivity contribution in [3.63, 3.8) is 0 Å². The third-order valence-corrected chi connectivity index (χ3v) is 5.88. The number of pyridine rings is 1. The zero-order chi connectivity index (χ0) is 26.7. The Hall–Kier alpha value is -3.98. The molecule has 2 aromatic rings. The molecule has 12 heteroatoms. The van der Waals surface area contributed by atoms with Crippen LogP contribution in [0.3, 0.4) is 0 Å². The van der Waals surface area contributed by atoms with Crippen LogP contribution in [0.2, 0.25) is 0 Å². The number of hydrogen-bond acceptors (Lipinski definition) is 7. The van der Waals surface area contributed by atoms with Crippen LogP contribution in [0.1, 0.15) is 50.0 Å². The van der Waals surface area contributed by atoms with E-state index in [9.17, 15) is 24.3 Å². The fourth-order valence-electron chi connectivity index (χ4n) is 3.49. The SMILES string of the molecule is CCC(CC)CNC(=O)Cn1cccc(NC(=O)[C@H](CCC(O)C#N)NC(=O)c2cncn2C)c1=O. The molecule has 0 fully saturated rings. The maximum absolute atomic E-state index is 13.0. The highest BCUT2D eigenvalue weighted by Gasteiger charge is 2.24. The predicted octanol–water partition coefficient (Wildman–Crippen LogP) is 0.536. The summed E-state index contributed by atoms with van der Waals surface area (Å²) in [5.41, 5.74) is -0.455. The van der Waals surface area contributed by atoms with E-state index < -0.39 is 29.5 Å². The van der Waals surface area contributed by atoms with Crippen molar-refractivity contribution in [2.24, 2.45) is 13.0 Å². The molecule has 2 rings (SSSR count). The minimum Gasteiger partial charge on any atom is -0.378 e. The van der Waals surface area contributed by atoms with Crippen LogP contribution in [-0.2, 0) is 23.2 Å². The number of aliphatic hydroxyl groups excluding tert-OH is 1. The molecule has 0 aliphatic rings. The minimum absolute atomic E-state index is 0.0520. The second-order valence-electron chi connectivity index (χ2n) is 8.47. The summed E-state index contributed by atoms with van der Waals surface area (Å²) in [6.45, 7) is 4.40. The number of aliphatic hydroxyl groups is 1. The summed E-state index contributed by atoms with van der Waals surface area (Å²) < 4.78 is 2.65. The van der Waals surface area contributed by atoms with E-state index in [1.807, 2.05) is 13.8 Å². The van der Waals surface area contributed by atoms with Crippen molar-refractivity contribution in [1.29, 1.82) is 5.26 Å². The second kappa shape index (κ2) is 13.8. The summed E-state index contributed by atoms with van der Waals surface area (Å²) in [7, 11) is 1.61. The third kappa shape index (κ3) is 8.06. The highest BCUT2D eigenvalue weighted by Crippen LogP contribution is 2.08. The van der Waals surface area contributed by atoms with Crippen LogP contribution in [0.5, 0.6) is 0 Å². The third-order valence-electron chi connectivity index (χ3n) is 5.88. The smallest absolute Gasteiger partial charge is 0.274 e. The topological polar surface area (TPSA) is 171 Å². The quantitative estimate of drug-likeness (QED) is 0.291. The van der Waals surface area contributed by atoms with E-state index in [0.29, 0.717) is 12.5 Å². The van der Waals surface area contributed by atoms with Gasteiger partial charge in [0.2, 0.25) is 11.8 Å². The van der Waals surface area contributed by atoms with Gasteiger partial charge >= 0.3 is 0 Å². The maximum Gasteiger partial charge on any atom is 0.274 e. The molecule has 4 N–H and O–H groups in total. The number of imidazole rings is 1. The molecule has 194 valence electrons. The molecular weight excluding hydrogens is 466 g/mol. The Morgan fingerprint density at radius 2 is 1.94 bits per heavy atom. The Morgan fingerprint density at radius 1 is 1.22 bits per heavy atom. The number of nitrogens with zero attached hydrogens (tertiary/aromatic N) is 4. The summed E-state index contributed by atoms with van der Waals surface area (Å²) in [6.07, 6.45) is 4.62. The van der Waals surface area contributed by atoms with Crippen LogP contribution in [0, 0.1) is 17.2 Å². The summed E-state index contributed by atoms with van der Waals surface area (Å²) in [5, 5.41) is 26.3.